The zero-order valence-electron chi connectivity index (χ0n) is 11.0. The van der Waals surface area contributed by atoms with Gasteiger partial charge in [0.2, 0.25) is 0 Å². The van der Waals surface area contributed by atoms with Crippen LogP contribution in [0.2, 0.25) is 5.02 Å². The van der Waals surface area contributed by atoms with Gasteiger partial charge in [-0.2, -0.15) is 0 Å². The van der Waals surface area contributed by atoms with Gasteiger partial charge in [0.1, 0.15) is 6.54 Å². The minimum absolute atomic E-state index is 0.0551. The standard InChI is InChI=1S/C16H11ClN2O2/c17-15-5-1-3-14(11-15)12-18-10-2-4-13-6-8-16(9-7-13)19(20)21/h1,3,5-9,11-12H,10H2/b18-12+. The lowest BCUT2D eigenvalue weighted by atomic mass is 10.2. The average Bonchev–Trinajstić information content (AvgIpc) is 2.47. The van der Waals surface area contributed by atoms with Crippen molar-refractivity contribution in [2.24, 2.45) is 4.99 Å². The molecule has 0 aliphatic rings. The first-order chi connectivity index (χ1) is 10.1. The van der Waals surface area contributed by atoms with E-state index >= 15 is 0 Å². The van der Waals surface area contributed by atoms with Gasteiger partial charge in [0, 0.05) is 28.9 Å². The Hall–Kier alpha value is -2.64. The number of aliphatic imine (C=N–C) groups is 1. The van der Waals surface area contributed by atoms with E-state index < -0.39 is 4.92 Å². The lowest BCUT2D eigenvalue weighted by Gasteiger charge is -1.92. The summed E-state index contributed by atoms with van der Waals surface area (Å²) in [7, 11) is 0. The van der Waals surface area contributed by atoms with Gasteiger partial charge in [-0.05, 0) is 29.8 Å². The second kappa shape index (κ2) is 7.22. The normalized spacial score (nSPS) is 10.1. The molecule has 0 spiro atoms. The van der Waals surface area contributed by atoms with E-state index in [4.69, 9.17) is 11.6 Å². The fourth-order valence-electron chi connectivity index (χ4n) is 1.59. The summed E-state index contributed by atoms with van der Waals surface area (Å²) < 4.78 is 0. The van der Waals surface area contributed by atoms with E-state index in [-0.39, 0.29) is 5.69 Å². The number of nitrogens with zero attached hydrogens (tertiary/aromatic N) is 2. The molecule has 0 bridgehead atoms. The number of nitro benzene ring substituents is 1. The number of rotatable bonds is 3. The number of halogens is 1. The van der Waals surface area contributed by atoms with Crippen molar-refractivity contribution in [1.29, 1.82) is 0 Å². The Balaban J connectivity index is 1.93. The van der Waals surface area contributed by atoms with E-state index in [0.717, 1.165) is 11.1 Å². The molecule has 0 saturated carbocycles. The summed E-state index contributed by atoms with van der Waals surface area (Å²) in [4.78, 5) is 14.3. The third kappa shape index (κ3) is 4.75. The number of nitro groups is 1. The highest BCUT2D eigenvalue weighted by Gasteiger charge is 2.01. The van der Waals surface area contributed by atoms with Gasteiger partial charge >= 0.3 is 0 Å². The van der Waals surface area contributed by atoms with Gasteiger partial charge < -0.3 is 0 Å². The van der Waals surface area contributed by atoms with E-state index in [1.165, 1.54) is 12.1 Å². The van der Waals surface area contributed by atoms with Crippen molar-refractivity contribution < 1.29 is 4.92 Å². The Morgan fingerprint density at radius 3 is 2.67 bits per heavy atom. The predicted octanol–water partition coefficient (Wildman–Crippen LogP) is 3.72. The van der Waals surface area contributed by atoms with Crippen molar-refractivity contribution in [1.82, 2.24) is 0 Å². The lowest BCUT2D eigenvalue weighted by Crippen LogP contribution is -1.87. The Labute approximate surface area is 127 Å². The van der Waals surface area contributed by atoms with E-state index in [2.05, 4.69) is 16.8 Å². The average molecular weight is 299 g/mol. The van der Waals surface area contributed by atoms with Gasteiger partial charge in [0.05, 0.1) is 4.92 Å². The molecule has 0 fully saturated rings. The Bertz CT molecular complexity index is 728. The highest BCUT2D eigenvalue weighted by atomic mass is 35.5. The van der Waals surface area contributed by atoms with Gasteiger partial charge in [0.15, 0.2) is 0 Å². The minimum atomic E-state index is -0.438. The van der Waals surface area contributed by atoms with Gasteiger partial charge in [0.25, 0.3) is 5.69 Å². The van der Waals surface area contributed by atoms with Crippen molar-refractivity contribution in [2.45, 2.75) is 0 Å². The Morgan fingerprint density at radius 1 is 1.24 bits per heavy atom. The van der Waals surface area contributed by atoms with Crippen LogP contribution < -0.4 is 0 Å². The molecule has 2 aromatic rings. The van der Waals surface area contributed by atoms with Crippen molar-refractivity contribution >= 4 is 23.5 Å². The van der Waals surface area contributed by atoms with Crippen LogP contribution in [-0.2, 0) is 0 Å². The summed E-state index contributed by atoms with van der Waals surface area (Å²) >= 11 is 5.86. The SMILES string of the molecule is O=[N+]([O-])c1ccc(C#CC/N=C/c2cccc(Cl)c2)cc1. The summed E-state index contributed by atoms with van der Waals surface area (Å²) in [6, 6.07) is 13.5. The first-order valence-electron chi connectivity index (χ1n) is 6.14. The summed E-state index contributed by atoms with van der Waals surface area (Å²) in [5.74, 6) is 5.78. The highest BCUT2D eigenvalue weighted by Crippen LogP contribution is 2.11. The van der Waals surface area contributed by atoms with Crippen LogP contribution in [0.5, 0.6) is 0 Å². The molecule has 0 saturated heterocycles. The fourth-order valence-corrected chi connectivity index (χ4v) is 1.79. The number of hydrogen-bond donors (Lipinski definition) is 0. The summed E-state index contributed by atoms with van der Waals surface area (Å²) in [5.41, 5.74) is 1.69. The van der Waals surface area contributed by atoms with Gasteiger partial charge in [-0.25, -0.2) is 0 Å². The second-order valence-corrected chi connectivity index (χ2v) is 4.57. The molecule has 0 aromatic heterocycles. The summed E-state index contributed by atoms with van der Waals surface area (Å²) in [5, 5.41) is 11.2. The zero-order chi connectivity index (χ0) is 15.1. The van der Waals surface area contributed by atoms with Crippen LogP contribution in [0.4, 0.5) is 5.69 Å². The molecule has 2 rings (SSSR count). The minimum Gasteiger partial charge on any atom is -0.280 e. The topological polar surface area (TPSA) is 55.5 Å². The third-order valence-electron chi connectivity index (χ3n) is 2.57. The molecule has 0 atom stereocenters. The summed E-state index contributed by atoms with van der Waals surface area (Å²) in [6.45, 7) is 0.351. The van der Waals surface area contributed by atoms with Crippen LogP contribution >= 0.6 is 11.6 Å². The molecule has 0 radical (unpaired) electrons. The summed E-state index contributed by atoms with van der Waals surface area (Å²) in [6.07, 6.45) is 1.70. The lowest BCUT2D eigenvalue weighted by molar-refractivity contribution is -0.384. The first kappa shape index (κ1) is 14.8. The van der Waals surface area contributed by atoms with Crippen molar-refractivity contribution in [3.05, 3.63) is 74.8 Å². The molecule has 104 valence electrons. The molecule has 0 unspecified atom stereocenters. The van der Waals surface area contributed by atoms with Crippen LogP contribution in [0.15, 0.2) is 53.5 Å². The first-order valence-corrected chi connectivity index (χ1v) is 6.52. The molecule has 0 aliphatic heterocycles. The molecule has 0 aliphatic carbocycles. The quantitative estimate of drug-likeness (QED) is 0.375. The van der Waals surface area contributed by atoms with E-state index in [1.807, 2.05) is 18.2 Å². The molecular formula is C16H11ClN2O2. The van der Waals surface area contributed by atoms with Crippen LogP contribution in [0.25, 0.3) is 0 Å². The number of non-ortho nitro benzene ring substituents is 1. The fraction of sp³-hybridized carbons (Fsp3) is 0.0625. The van der Waals surface area contributed by atoms with E-state index in [1.54, 1.807) is 24.4 Å². The molecule has 0 heterocycles. The van der Waals surface area contributed by atoms with Gasteiger partial charge in [-0.1, -0.05) is 35.6 Å². The van der Waals surface area contributed by atoms with Crippen LogP contribution in [-0.4, -0.2) is 17.7 Å². The molecule has 5 heteroatoms. The van der Waals surface area contributed by atoms with Crippen LogP contribution in [0.1, 0.15) is 11.1 Å². The third-order valence-corrected chi connectivity index (χ3v) is 2.81. The maximum Gasteiger partial charge on any atom is 0.269 e. The Kier molecular flexibility index (Phi) is 5.08. The molecule has 0 N–H and O–H groups in total. The van der Waals surface area contributed by atoms with Gasteiger partial charge in [-0.15, -0.1) is 0 Å². The molecule has 2 aromatic carbocycles. The smallest absolute Gasteiger partial charge is 0.269 e. The zero-order valence-corrected chi connectivity index (χ0v) is 11.7. The largest absolute Gasteiger partial charge is 0.280 e. The predicted molar refractivity (Wildman–Crippen MR) is 83.9 cm³/mol. The van der Waals surface area contributed by atoms with Crippen molar-refractivity contribution in [2.75, 3.05) is 6.54 Å². The van der Waals surface area contributed by atoms with Crippen molar-refractivity contribution in [3.63, 3.8) is 0 Å². The van der Waals surface area contributed by atoms with Crippen LogP contribution in [0.3, 0.4) is 0 Å². The highest BCUT2D eigenvalue weighted by molar-refractivity contribution is 6.30. The molecule has 4 nitrogen and oxygen atoms in total. The van der Waals surface area contributed by atoms with Crippen molar-refractivity contribution in [3.8, 4) is 11.8 Å². The van der Waals surface area contributed by atoms with Crippen LogP contribution in [0, 0.1) is 22.0 Å². The Morgan fingerprint density at radius 2 is 2.00 bits per heavy atom. The van der Waals surface area contributed by atoms with E-state index in [9.17, 15) is 10.1 Å². The molecule has 0 amide bonds. The maximum atomic E-state index is 10.5. The number of benzene rings is 2. The molecule has 21 heavy (non-hydrogen) atoms. The maximum absolute atomic E-state index is 10.5. The second-order valence-electron chi connectivity index (χ2n) is 4.13. The monoisotopic (exact) mass is 298 g/mol. The number of hydrogen-bond acceptors (Lipinski definition) is 3. The molecular weight excluding hydrogens is 288 g/mol. The van der Waals surface area contributed by atoms with Gasteiger partial charge in [-0.3, -0.25) is 15.1 Å². The van der Waals surface area contributed by atoms with E-state index in [0.29, 0.717) is 11.6 Å².